The third kappa shape index (κ3) is 4.49. The smallest absolute Gasteiger partial charge is 0.416 e. The van der Waals surface area contributed by atoms with Crippen molar-refractivity contribution in [1.82, 2.24) is 25.0 Å². The molecule has 1 unspecified atom stereocenters. The molecule has 33 heavy (non-hydrogen) atoms. The molecule has 5 rings (SSSR count). The standard InChI is InChI=1S/C22H17F3N6OS/c23-22(24,25)14-2-4-17(19(12-14)31-10-9-28-30-31)16-6-11-32-20-13-15(3-5-18(16)20)33-29-21-26-7-1-8-27-21/h1-5,7-10,12-13,16H,6,11H2,(H,26,27,29). The molecule has 4 aromatic rings. The molecule has 1 aliphatic heterocycles. The van der Waals surface area contributed by atoms with Crippen LogP contribution in [0.5, 0.6) is 5.75 Å². The normalized spacial score (nSPS) is 15.5. The number of alkyl halides is 3. The highest BCUT2D eigenvalue weighted by Gasteiger charge is 2.33. The van der Waals surface area contributed by atoms with E-state index in [1.165, 1.54) is 35.1 Å². The van der Waals surface area contributed by atoms with Crippen LogP contribution in [0.4, 0.5) is 19.1 Å². The summed E-state index contributed by atoms with van der Waals surface area (Å²) in [6, 6.07) is 11.3. The Morgan fingerprint density at radius 2 is 1.85 bits per heavy atom. The van der Waals surface area contributed by atoms with E-state index in [-0.39, 0.29) is 5.92 Å². The molecule has 1 N–H and O–H groups in total. The number of rotatable bonds is 5. The van der Waals surface area contributed by atoms with Crippen LogP contribution in [0.2, 0.25) is 0 Å². The molecule has 1 atom stereocenters. The van der Waals surface area contributed by atoms with E-state index in [0.29, 0.717) is 30.4 Å². The average Bonchev–Trinajstić information content (AvgIpc) is 3.37. The summed E-state index contributed by atoms with van der Waals surface area (Å²) >= 11 is 1.35. The van der Waals surface area contributed by atoms with Gasteiger partial charge >= 0.3 is 6.18 Å². The fraction of sp³-hybridized carbons (Fsp3) is 0.182. The van der Waals surface area contributed by atoms with E-state index in [1.54, 1.807) is 18.5 Å². The van der Waals surface area contributed by atoms with Gasteiger partial charge in [-0.05, 0) is 54.3 Å². The van der Waals surface area contributed by atoms with Crippen molar-refractivity contribution >= 4 is 17.9 Å². The molecule has 11 heteroatoms. The number of nitrogens with one attached hydrogen (secondary N) is 1. The van der Waals surface area contributed by atoms with Crippen LogP contribution in [0.3, 0.4) is 0 Å². The highest BCUT2D eigenvalue weighted by Crippen LogP contribution is 2.43. The number of aromatic nitrogens is 5. The summed E-state index contributed by atoms with van der Waals surface area (Å²) in [5.41, 5.74) is 1.25. The number of fused-ring (bicyclic) bond motifs is 1. The molecule has 2 aromatic heterocycles. The second-order valence-electron chi connectivity index (χ2n) is 7.28. The number of benzene rings is 2. The zero-order chi connectivity index (χ0) is 22.8. The number of anilines is 1. The minimum Gasteiger partial charge on any atom is -0.493 e. The summed E-state index contributed by atoms with van der Waals surface area (Å²) in [7, 11) is 0. The minimum absolute atomic E-state index is 0.153. The first-order valence-electron chi connectivity index (χ1n) is 10.0. The number of nitrogens with zero attached hydrogens (tertiary/aromatic N) is 5. The van der Waals surface area contributed by atoms with Gasteiger partial charge in [0.2, 0.25) is 5.95 Å². The van der Waals surface area contributed by atoms with Crippen LogP contribution in [0.1, 0.15) is 29.0 Å². The zero-order valence-corrected chi connectivity index (χ0v) is 17.8. The predicted octanol–water partition coefficient (Wildman–Crippen LogP) is 5.11. The van der Waals surface area contributed by atoms with Crippen LogP contribution in [-0.2, 0) is 6.18 Å². The van der Waals surface area contributed by atoms with Gasteiger partial charge in [-0.25, -0.2) is 14.6 Å². The number of ether oxygens (including phenoxy) is 1. The fourth-order valence-electron chi connectivity index (χ4n) is 3.76. The maximum Gasteiger partial charge on any atom is 0.416 e. The quantitative estimate of drug-likeness (QED) is 0.406. The Kier molecular flexibility index (Phi) is 5.63. The summed E-state index contributed by atoms with van der Waals surface area (Å²) in [5, 5.41) is 7.70. The van der Waals surface area contributed by atoms with Gasteiger partial charge in [0.15, 0.2) is 0 Å². The van der Waals surface area contributed by atoms with Crippen molar-refractivity contribution in [2.45, 2.75) is 23.4 Å². The Morgan fingerprint density at radius 3 is 2.61 bits per heavy atom. The van der Waals surface area contributed by atoms with Gasteiger partial charge in [0.05, 0.1) is 30.3 Å². The van der Waals surface area contributed by atoms with E-state index in [0.717, 1.165) is 28.2 Å². The lowest BCUT2D eigenvalue weighted by molar-refractivity contribution is -0.137. The first-order chi connectivity index (χ1) is 16.0. The predicted molar refractivity (Wildman–Crippen MR) is 116 cm³/mol. The second kappa shape index (κ2) is 8.74. The molecule has 168 valence electrons. The topological polar surface area (TPSA) is 77.8 Å². The third-order valence-electron chi connectivity index (χ3n) is 5.25. The highest BCUT2D eigenvalue weighted by molar-refractivity contribution is 8.00. The van der Waals surface area contributed by atoms with Gasteiger partial charge in [-0.15, -0.1) is 5.10 Å². The first-order valence-corrected chi connectivity index (χ1v) is 10.8. The largest absolute Gasteiger partial charge is 0.493 e. The third-order valence-corrected chi connectivity index (χ3v) is 6.03. The molecule has 3 heterocycles. The van der Waals surface area contributed by atoms with Crippen LogP contribution in [0.15, 0.2) is 72.1 Å². The van der Waals surface area contributed by atoms with Gasteiger partial charge in [0, 0.05) is 28.8 Å². The summed E-state index contributed by atoms with van der Waals surface area (Å²) in [6.07, 6.45) is 2.44. The molecule has 0 radical (unpaired) electrons. The lowest BCUT2D eigenvalue weighted by Gasteiger charge is -2.28. The van der Waals surface area contributed by atoms with Gasteiger partial charge in [-0.3, -0.25) is 4.72 Å². The van der Waals surface area contributed by atoms with Crippen molar-refractivity contribution < 1.29 is 17.9 Å². The Morgan fingerprint density at radius 1 is 1.03 bits per heavy atom. The van der Waals surface area contributed by atoms with Crippen molar-refractivity contribution in [3.05, 3.63) is 83.9 Å². The molecule has 2 aromatic carbocycles. The van der Waals surface area contributed by atoms with Crippen LogP contribution in [0.25, 0.3) is 5.69 Å². The molecule has 0 aliphatic carbocycles. The summed E-state index contributed by atoms with van der Waals surface area (Å²) in [5.74, 6) is 1.03. The lowest BCUT2D eigenvalue weighted by Crippen LogP contribution is -2.18. The molecule has 0 amide bonds. The molecule has 0 saturated carbocycles. The van der Waals surface area contributed by atoms with E-state index >= 15 is 0 Å². The number of hydrogen-bond acceptors (Lipinski definition) is 7. The van der Waals surface area contributed by atoms with Gasteiger partial charge in [0.1, 0.15) is 5.75 Å². The van der Waals surface area contributed by atoms with E-state index in [2.05, 4.69) is 25.0 Å². The number of hydrogen-bond donors (Lipinski definition) is 1. The van der Waals surface area contributed by atoms with Gasteiger partial charge in [0.25, 0.3) is 0 Å². The maximum atomic E-state index is 13.4. The van der Waals surface area contributed by atoms with Crippen molar-refractivity contribution in [3.8, 4) is 11.4 Å². The molecular weight excluding hydrogens is 453 g/mol. The first kappa shape index (κ1) is 21.3. The SMILES string of the molecule is FC(F)(F)c1ccc(C2CCOc3cc(SNc4ncccn4)ccc32)c(-n2ccnn2)c1. The fourth-order valence-corrected chi connectivity index (χ4v) is 4.38. The Hall–Kier alpha value is -3.60. The summed E-state index contributed by atoms with van der Waals surface area (Å²) < 4.78 is 50.5. The molecule has 0 saturated heterocycles. The van der Waals surface area contributed by atoms with Crippen LogP contribution in [-0.4, -0.2) is 31.6 Å². The van der Waals surface area contributed by atoms with E-state index in [4.69, 9.17) is 4.74 Å². The second-order valence-corrected chi connectivity index (χ2v) is 8.16. The molecule has 0 bridgehead atoms. The molecule has 0 fully saturated rings. The molecule has 1 aliphatic rings. The summed E-state index contributed by atoms with van der Waals surface area (Å²) in [6.45, 7) is 0.443. The van der Waals surface area contributed by atoms with Crippen molar-refractivity contribution in [1.29, 1.82) is 0 Å². The average molecular weight is 470 g/mol. The lowest BCUT2D eigenvalue weighted by atomic mass is 9.85. The molecule has 0 spiro atoms. The minimum atomic E-state index is -4.46. The van der Waals surface area contributed by atoms with Crippen molar-refractivity contribution in [3.63, 3.8) is 0 Å². The zero-order valence-electron chi connectivity index (χ0n) is 17.0. The Bertz CT molecular complexity index is 1250. The van der Waals surface area contributed by atoms with Crippen LogP contribution >= 0.6 is 11.9 Å². The Labute approximate surface area is 191 Å². The van der Waals surface area contributed by atoms with Gasteiger partial charge in [-0.1, -0.05) is 17.3 Å². The monoisotopic (exact) mass is 470 g/mol. The van der Waals surface area contributed by atoms with Crippen LogP contribution < -0.4 is 9.46 Å². The maximum absolute atomic E-state index is 13.4. The molecule has 7 nitrogen and oxygen atoms in total. The number of halogens is 3. The van der Waals surface area contributed by atoms with E-state index < -0.39 is 11.7 Å². The Balaban J connectivity index is 1.48. The van der Waals surface area contributed by atoms with Gasteiger partial charge < -0.3 is 4.74 Å². The molecular formula is C22H17F3N6OS. The van der Waals surface area contributed by atoms with Gasteiger partial charge in [-0.2, -0.15) is 13.2 Å². The highest BCUT2D eigenvalue weighted by atomic mass is 32.2. The summed E-state index contributed by atoms with van der Waals surface area (Å²) in [4.78, 5) is 9.14. The van der Waals surface area contributed by atoms with E-state index in [9.17, 15) is 13.2 Å². The van der Waals surface area contributed by atoms with E-state index in [1.807, 2.05) is 18.2 Å². The van der Waals surface area contributed by atoms with Crippen molar-refractivity contribution in [2.24, 2.45) is 0 Å². The van der Waals surface area contributed by atoms with Crippen LogP contribution in [0, 0.1) is 0 Å². The van der Waals surface area contributed by atoms with Crippen molar-refractivity contribution in [2.75, 3.05) is 11.3 Å².